The van der Waals surface area contributed by atoms with E-state index in [1.165, 1.54) is 55.7 Å². The molecule has 100 valence electrons. The van der Waals surface area contributed by atoms with Crippen molar-refractivity contribution in [3.63, 3.8) is 0 Å². The first-order valence-corrected chi connectivity index (χ1v) is 7.49. The van der Waals surface area contributed by atoms with E-state index in [-0.39, 0.29) is 0 Å². The van der Waals surface area contributed by atoms with Crippen LogP contribution in [0.25, 0.3) is 5.70 Å². The number of allylic oxidation sites excluding steroid dienone is 1. The molecule has 2 nitrogen and oxygen atoms in total. The van der Waals surface area contributed by atoms with Gasteiger partial charge in [0.05, 0.1) is 0 Å². The molecule has 1 aromatic carbocycles. The van der Waals surface area contributed by atoms with Crippen LogP contribution < -0.4 is 0 Å². The van der Waals surface area contributed by atoms with Crippen LogP contribution in [0.15, 0.2) is 41.4 Å². The fraction of sp³-hybridized carbons (Fsp3) is 0.471. The maximum absolute atomic E-state index is 4.61. The summed E-state index contributed by atoms with van der Waals surface area (Å²) < 4.78 is 0. The van der Waals surface area contributed by atoms with Gasteiger partial charge < -0.3 is 4.90 Å². The second kappa shape index (κ2) is 6.05. The predicted octanol–water partition coefficient (Wildman–Crippen LogP) is 3.75. The van der Waals surface area contributed by atoms with Crippen molar-refractivity contribution in [2.24, 2.45) is 4.99 Å². The van der Waals surface area contributed by atoms with Crippen molar-refractivity contribution < 1.29 is 0 Å². The minimum absolute atomic E-state index is 1.01. The topological polar surface area (TPSA) is 15.6 Å². The van der Waals surface area contributed by atoms with Gasteiger partial charge in [-0.3, -0.25) is 4.99 Å². The fourth-order valence-corrected chi connectivity index (χ4v) is 2.94. The number of benzene rings is 1. The predicted molar refractivity (Wildman–Crippen MR) is 81.4 cm³/mol. The molecule has 19 heavy (non-hydrogen) atoms. The Kier molecular flexibility index (Phi) is 3.97. The fourth-order valence-electron chi connectivity index (χ4n) is 2.94. The molecule has 0 spiro atoms. The van der Waals surface area contributed by atoms with Crippen molar-refractivity contribution in [2.75, 3.05) is 19.6 Å². The highest BCUT2D eigenvalue weighted by molar-refractivity contribution is 6.01. The van der Waals surface area contributed by atoms with Gasteiger partial charge in [0.25, 0.3) is 0 Å². The van der Waals surface area contributed by atoms with Gasteiger partial charge in [0.2, 0.25) is 0 Å². The maximum atomic E-state index is 4.61. The van der Waals surface area contributed by atoms with Gasteiger partial charge in [0.15, 0.2) is 0 Å². The standard InChI is InChI=1S/C17H22N2/c1-3-8-15(9-4-1)17(14-16-10-7-11-18-16)19-12-5-2-6-13-19/h1,3-4,8-9,14H,2,5-7,10-13H2. The Morgan fingerprint density at radius 1 is 1.00 bits per heavy atom. The third-order valence-corrected chi connectivity index (χ3v) is 3.98. The van der Waals surface area contributed by atoms with Crippen molar-refractivity contribution >= 4 is 11.4 Å². The summed E-state index contributed by atoms with van der Waals surface area (Å²) in [6, 6.07) is 10.8. The summed E-state index contributed by atoms with van der Waals surface area (Å²) in [6.45, 7) is 3.38. The van der Waals surface area contributed by atoms with Crippen LogP contribution in [0.5, 0.6) is 0 Å². The van der Waals surface area contributed by atoms with Crippen LogP contribution in [0.2, 0.25) is 0 Å². The van der Waals surface area contributed by atoms with Crippen LogP contribution >= 0.6 is 0 Å². The number of likely N-dealkylation sites (tertiary alicyclic amines) is 1. The number of hydrogen-bond acceptors (Lipinski definition) is 2. The molecule has 0 bridgehead atoms. The van der Waals surface area contributed by atoms with E-state index in [4.69, 9.17) is 0 Å². The van der Waals surface area contributed by atoms with Crippen molar-refractivity contribution in [2.45, 2.75) is 32.1 Å². The Bertz CT molecular complexity index is 467. The van der Waals surface area contributed by atoms with Crippen molar-refractivity contribution in [1.82, 2.24) is 4.90 Å². The number of aliphatic imine (C=N–C) groups is 1. The minimum Gasteiger partial charge on any atom is -0.371 e. The highest BCUT2D eigenvalue weighted by Crippen LogP contribution is 2.24. The third kappa shape index (κ3) is 3.06. The van der Waals surface area contributed by atoms with Crippen LogP contribution in [0.3, 0.4) is 0 Å². The molecule has 2 aliphatic rings. The molecule has 0 amide bonds. The third-order valence-electron chi connectivity index (χ3n) is 3.98. The van der Waals surface area contributed by atoms with Crippen molar-refractivity contribution in [3.8, 4) is 0 Å². The smallest absolute Gasteiger partial charge is 0.0457 e. The first-order chi connectivity index (χ1) is 9.43. The van der Waals surface area contributed by atoms with Gasteiger partial charge in [-0.15, -0.1) is 0 Å². The molecule has 1 fully saturated rings. The molecule has 2 heterocycles. The van der Waals surface area contributed by atoms with E-state index in [0.717, 1.165) is 13.0 Å². The zero-order valence-corrected chi connectivity index (χ0v) is 11.5. The summed E-state index contributed by atoms with van der Waals surface area (Å²) in [7, 11) is 0. The molecular weight excluding hydrogens is 232 g/mol. The monoisotopic (exact) mass is 254 g/mol. The van der Waals surface area contributed by atoms with Crippen LogP contribution in [0.1, 0.15) is 37.7 Å². The normalized spacial score (nSPS) is 20.5. The van der Waals surface area contributed by atoms with E-state index in [0.29, 0.717) is 0 Å². The molecule has 2 heteroatoms. The van der Waals surface area contributed by atoms with E-state index >= 15 is 0 Å². The Hall–Kier alpha value is -1.57. The largest absolute Gasteiger partial charge is 0.371 e. The molecule has 3 rings (SSSR count). The van der Waals surface area contributed by atoms with Crippen LogP contribution in [0.4, 0.5) is 0 Å². The lowest BCUT2D eigenvalue weighted by molar-refractivity contribution is 0.326. The van der Waals surface area contributed by atoms with Crippen molar-refractivity contribution in [1.29, 1.82) is 0 Å². The van der Waals surface area contributed by atoms with E-state index in [9.17, 15) is 0 Å². The Morgan fingerprint density at radius 2 is 1.79 bits per heavy atom. The quantitative estimate of drug-likeness (QED) is 0.802. The van der Waals surface area contributed by atoms with E-state index in [1.807, 2.05) is 0 Å². The average molecular weight is 254 g/mol. The number of piperidine rings is 1. The van der Waals surface area contributed by atoms with Gasteiger partial charge in [0, 0.05) is 31.0 Å². The van der Waals surface area contributed by atoms with Gasteiger partial charge >= 0.3 is 0 Å². The second-order valence-electron chi connectivity index (χ2n) is 5.42. The summed E-state index contributed by atoms with van der Waals surface area (Å²) in [5, 5.41) is 0. The van der Waals surface area contributed by atoms with Gasteiger partial charge in [0.1, 0.15) is 0 Å². The molecular formula is C17H22N2. The summed E-state index contributed by atoms with van der Waals surface area (Å²) in [5.74, 6) is 0. The van der Waals surface area contributed by atoms with E-state index in [2.05, 4.69) is 46.3 Å². The SMILES string of the molecule is C(=C(c1ccccc1)N1CCCCC1)C1=NCCC1. The Balaban J connectivity index is 1.90. The molecule has 0 N–H and O–H groups in total. The van der Waals surface area contributed by atoms with Crippen LogP contribution in [0, 0.1) is 0 Å². The van der Waals surface area contributed by atoms with Gasteiger partial charge in [-0.1, -0.05) is 30.3 Å². The Morgan fingerprint density at radius 3 is 2.47 bits per heavy atom. The summed E-state index contributed by atoms with van der Waals surface area (Å²) in [4.78, 5) is 7.15. The molecule has 0 aromatic heterocycles. The lowest BCUT2D eigenvalue weighted by atomic mass is 10.0. The molecule has 0 radical (unpaired) electrons. The summed E-state index contributed by atoms with van der Waals surface area (Å²) in [5.41, 5.74) is 3.99. The van der Waals surface area contributed by atoms with Crippen molar-refractivity contribution in [3.05, 3.63) is 42.0 Å². The highest BCUT2D eigenvalue weighted by atomic mass is 15.1. The van der Waals surface area contributed by atoms with Gasteiger partial charge in [-0.2, -0.15) is 0 Å². The zero-order valence-electron chi connectivity index (χ0n) is 11.5. The van der Waals surface area contributed by atoms with Gasteiger partial charge in [-0.25, -0.2) is 0 Å². The highest BCUT2D eigenvalue weighted by Gasteiger charge is 2.16. The molecule has 0 unspecified atom stereocenters. The lowest BCUT2D eigenvalue weighted by Gasteiger charge is -2.31. The number of rotatable bonds is 3. The van der Waals surface area contributed by atoms with E-state index in [1.54, 1.807) is 0 Å². The minimum atomic E-state index is 1.01. The molecule has 0 saturated carbocycles. The zero-order chi connectivity index (χ0) is 12.9. The summed E-state index contributed by atoms with van der Waals surface area (Å²) >= 11 is 0. The molecule has 1 saturated heterocycles. The van der Waals surface area contributed by atoms with E-state index < -0.39 is 0 Å². The second-order valence-corrected chi connectivity index (χ2v) is 5.42. The number of nitrogens with zero attached hydrogens (tertiary/aromatic N) is 2. The van der Waals surface area contributed by atoms with Gasteiger partial charge in [-0.05, 0) is 43.7 Å². The average Bonchev–Trinajstić information content (AvgIpc) is 3.00. The first-order valence-electron chi connectivity index (χ1n) is 7.49. The number of hydrogen-bond donors (Lipinski definition) is 0. The molecule has 0 aliphatic carbocycles. The Labute approximate surface area is 115 Å². The van der Waals surface area contributed by atoms with Crippen LogP contribution in [-0.2, 0) is 0 Å². The molecule has 0 atom stereocenters. The maximum Gasteiger partial charge on any atom is 0.0457 e. The molecule has 2 aliphatic heterocycles. The summed E-state index contributed by atoms with van der Waals surface area (Å²) in [6.07, 6.45) is 8.69. The first kappa shape index (κ1) is 12.5. The molecule has 1 aromatic rings. The lowest BCUT2D eigenvalue weighted by Crippen LogP contribution is -2.28. The van der Waals surface area contributed by atoms with Crippen LogP contribution in [-0.4, -0.2) is 30.2 Å².